The molecular formula is C18H20BrN3O5. The van der Waals surface area contributed by atoms with Gasteiger partial charge in [-0.1, -0.05) is 15.9 Å². The minimum absolute atomic E-state index is 0.0199. The van der Waals surface area contributed by atoms with E-state index in [4.69, 9.17) is 9.47 Å². The van der Waals surface area contributed by atoms with Crippen molar-refractivity contribution in [3.05, 3.63) is 39.4 Å². The van der Waals surface area contributed by atoms with Crippen LogP contribution in [0.4, 0.5) is 0 Å². The van der Waals surface area contributed by atoms with E-state index < -0.39 is 5.97 Å². The van der Waals surface area contributed by atoms with Gasteiger partial charge in [0.1, 0.15) is 0 Å². The Morgan fingerprint density at radius 1 is 1.41 bits per heavy atom. The summed E-state index contributed by atoms with van der Waals surface area (Å²) in [6, 6.07) is 5.25. The summed E-state index contributed by atoms with van der Waals surface area (Å²) in [5, 5.41) is 0.469. The number of fused-ring (bicyclic) bond motifs is 1. The van der Waals surface area contributed by atoms with Crippen molar-refractivity contribution in [2.45, 2.75) is 26.0 Å². The molecule has 9 heteroatoms. The highest BCUT2D eigenvalue weighted by atomic mass is 79.9. The molecular weight excluding hydrogens is 418 g/mol. The predicted octanol–water partition coefficient (Wildman–Crippen LogP) is 1.34. The maximum Gasteiger partial charge on any atom is 0.308 e. The average molecular weight is 438 g/mol. The summed E-state index contributed by atoms with van der Waals surface area (Å²) in [5.41, 5.74) is 0.361. The molecule has 144 valence electrons. The Balaban J connectivity index is 1.53. The standard InChI is InChI=1S/C18H20BrN3O5/c1-12-9-21(6-7-26-12)16(23)10-27-17(24)4-5-22-11-20-15-3-2-13(19)8-14(15)18(22)25/h2-3,8,11-12H,4-7,9-10H2,1H3. The number of esters is 1. The average Bonchev–Trinajstić information content (AvgIpc) is 2.66. The number of amides is 1. The van der Waals surface area contributed by atoms with E-state index in [1.807, 2.05) is 13.0 Å². The van der Waals surface area contributed by atoms with Gasteiger partial charge in [-0.15, -0.1) is 0 Å². The van der Waals surface area contributed by atoms with Crippen molar-refractivity contribution < 1.29 is 19.1 Å². The second-order valence-corrected chi connectivity index (χ2v) is 7.25. The van der Waals surface area contributed by atoms with Crippen LogP contribution in [0.2, 0.25) is 0 Å². The van der Waals surface area contributed by atoms with Gasteiger partial charge in [0, 0.05) is 24.1 Å². The van der Waals surface area contributed by atoms with Gasteiger partial charge in [-0.3, -0.25) is 19.0 Å². The highest BCUT2D eigenvalue weighted by molar-refractivity contribution is 9.10. The Morgan fingerprint density at radius 3 is 3.00 bits per heavy atom. The van der Waals surface area contributed by atoms with E-state index in [0.29, 0.717) is 30.6 Å². The van der Waals surface area contributed by atoms with Gasteiger partial charge >= 0.3 is 5.97 Å². The van der Waals surface area contributed by atoms with Gasteiger partial charge < -0.3 is 14.4 Å². The first-order valence-corrected chi connectivity index (χ1v) is 9.43. The first kappa shape index (κ1) is 19.5. The molecule has 1 unspecified atom stereocenters. The third-order valence-corrected chi connectivity index (χ3v) is 4.79. The van der Waals surface area contributed by atoms with Crippen molar-refractivity contribution >= 4 is 38.7 Å². The lowest BCUT2D eigenvalue weighted by atomic mass is 10.2. The van der Waals surface area contributed by atoms with Crippen LogP contribution in [0.5, 0.6) is 0 Å². The lowest BCUT2D eigenvalue weighted by molar-refractivity contribution is -0.155. The quantitative estimate of drug-likeness (QED) is 0.655. The number of benzene rings is 1. The zero-order chi connectivity index (χ0) is 19.4. The number of morpholine rings is 1. The molecule has 1 aliphatic rings. The lowest BCUT2D eigenvalue weighted by Crippen LogP contribution is -2.46. The molecule has 2 aromatic rings. The van der Waals surface area contributed by atoms with Gasteiger partial charge in [0.25, 0.3) is 11.5 Å². The molecule has 1 fully saturated rings. The fourth-order valence-electron chi connectivity index (χ4n) is 2.85. The Kier molecular flexibility index (Phi) is 6.22. The van der Waals surface area contributed by atoms with Crippen molar-refractivity contribution in [1.29, 1.82) is 0 Å². The van der Waals surface area contributed by atoms with Crippen LogP contribution in [0.3, 0.4) is 0 Å². The molecule has 0 radical (unpaired) electrons. The molecule has 1 aromatic heterocycles. The summed E-state index contributed by atoms with van der Waals surface area (Å²) in [7, 11) is 0. The first-order valence-electron chi connectivity index (χ1n) is 8.64. The van der Waals surface area contributed by atoms with Crippen molar-refractivity contribution in [1.82, 2.24) is 14.5 Å². The van der Waals surface area contributed by atoms with E-state index in [0.717, 1.165) is 4.47 Å². The Labute approximate surface area is 164 Å². The lowest BCUT2D eigenvalue weighted by Gasteiger charge is -2.30. The molecule has 0 spiro atoms. The van der Waals surface area contributed by atoms with Crippen LogP contribution in [-0.4, -0.2) is 58.7 Å². The van der Waals surface area contributed by atoms with E-state index in [-0.39, 0.29) is 37.1 Å². The van der Waals surface area contributed by atoms with E-state index in [9.17, 15) is 14.4 Å². The van der Waals surface area contributed by atoms with Crippen LogP contribution in [0.1, 0.15) is 13.3 Å². The number of rotatable bonds is 5. The number of nitrogens with zero attached hydrogens (tertiary/aromatic N) is 3. The number of ether oxygens (including phenoxy) is 2. The molecule has 0 bridgehead atoms. The summed E-state index contributed by atoms with van der Waals surface area (Å²) in [6.45, 7) is 3.19. The van der Waals surface area contributed by atoms with Crippen molar-refractivity contribution in [3.63, 3.8) is 0 Å². The van der Waals surface area contributed by atoms with Crippen molar-refractivity contribution in [3.8, 4) is 0 Å². The maximum absolute atomic E-state index is 12.5. The molecule has 0 N–H and O–H groups in total. The van der Waals surface area contributed by atoms with Gasteiger partial charge in [0.05, 0.1) is 36.4 Å². The van der Waals surface area contributed by atoms with E-state index in [1.165, 1.54) is 10.9 Å². The molecule has 1 amide bonds. The number of halogens is 1. The van der Waals surface area contributed by atoms with Crippen LogP contribution in [-0.2, 0) is 25.6 Å². The summed E-state index contributed by atoms with van der Waals surface area (Å²) < 4.78 is 12.6. The first-order chi connectivity index (χ1) is 12.9. The molecule has 2 heterocycles. The molecule has 27 heavy (non-hydrogen) atoms. The van der Waals surface area contributed by atoms with E-state index in [2.05, 4.69) is 20.9 Å². The topological polar surface area (TPSA) is 90.7 Å². The predicted molar refractivity (Wildman–Crippen MR) is 101 cm³/mol. The number of aryl methyl sites for hydroxylation is 1. The minimum Gasteiger partial charge on any atom is -0.456 e. The molecule has 1 saturated heterocycles. The Hall–Kier alpha value is -2.26. The summed E-state index contributed by atoms with van der Waals surface area (Å²) in [5.74, 6) is -0.779. The molecule has 1 aliphatic heterocycles. The summed E-state index contributed by atoms with van der Waals surface area (Å²) >= 11 is 3.33. The zero-order valence-electron chi connectivity index (χ0n) is 14.9. The van der Waals surface area contributed by atoms with Crippen molar-refractivity contribution in [2.75, 3.05) is 26.3 Å². The van der Waals surface area contributed by atoms with Crippen LogP contribution >= 0.6 is 15.9 Å². The fraction of sp³-hybridized carbons (Fsp3) is 0.444. The zero-order valence-corrected chi connectivity index (χ0v) is 16.5. The highest BCUT2D eigenvalue weighted by Crippen LogP contribution is 2.14. The smallest absolute Gasteiger partial charge is 0.308 e. The third-order valence-electron chi connectivity index (χ3n) is 4.29. The minimum atomic E-state index is -0.536. The normalized spacial score (nSPS) is 17.1. The number of hydrogen-bond acceptors (Lipinski definition) is 6. The highest BCUT2D eigenvalue weighted by Gasteiger charge is 2.22. The third kappa shape index (κ3) is 4.92. The molecule has 8 nitrogen and oxygen atoms in total. The monoisotopic (exact) mass is 437 g/mol. The summed E-state index contributed by atoms with van der Waals surface area (Å²) in [6.07, 6.45) is 1.37. The van der Waals surface area contributed by atoms with Crippen molar-refractivity contribution in [2.24, 2.45) is 0 Å². The second-order valence-electron chi connectivity index (χ2n) is 6.34. The van der Waals surface area contributed by atoms with Crippen LogP contribution in [0.25, 0.3) is 10.9 Å². The number of carbonyl (C=O) groups is 2. The molecule has 0 aliphatic carbocycles. The van der Waals surface area contributed by atoms with Crippen LogP contribution in [0, 0.1) is 0 Å². The van der Waals surface area contributed by atoms with E-state index >= 15 is 0 Å². The fourth-order valence-corrected chi connectivity index (χ4v) is 3.21. The Bertz CT molecular complexity index is 913. The number of carbonyl (C=O) groups excluding carboxylic acids is 2. The SMILES string of the molecule is CC1CN(C(=O)COC(=O)CCn2cnc3ccc(Br)cc3c2=O)CCO1. The summed E-state index contributed by atoms with van der Waals surface area (Å²) in [4.78, 5) is 42.3. The van der Waals surface area contributed by atoms with Gasteiger partial charge in [0.2, 0.25) is 0 Å². The van der Waals surface area contributed by atoms with Gasteiger partial charge in [-0.05, 0) is 25.1 Å². The largest absolute Gasteiger partial charge is 0.456 e. The molecule has 0 saturated carbocycles. The maximum atomic E-state index is 12.5. The molecule has 1 aromatic carbocycles. The number of aromatic nitrogens is 2. The Morgan fingerprint density at radius 2 is 2.22 bits per heavy atom. The van der Waals surface area contributed by atoms with Gasteiger partial charge in [0.15, 0.2) is 6.61 Å². The molecule has 3 rings (SSSR count). The molecule has 1 atom stereocenters. The van der Waals surface area contributed by atoms with Gasteiger partial charge in [-0.2, -0.15) is 0 Å². The van der Waals surface area contributed by atoms with Crippen LogP contribution in [0.15, 0.2) is 33.8 Å². The number of hydrogen-bond donors (Lipinski definition) is 0. The van der Waals surface area contributed by atoms with Gasteiger partial charge in [-0.25, -0.2) is 4.98 Å². The van der Waals surface area contributed by atoms with E-state index in [1.54, 1.807) is 17.0 Å². The second kappa shape index (κ2) is 8.62. The van der Waals surface area contributed by atoms with Crippen LogP contribution < -0.4 is 5.56 Å².